The van der Waals surface area contributed by atoms with Crippen LogP contribution < -0.4 is 19.8 Å². The number of aromatic nitrogens is 1. The number of imide groups is 1. The summed E-state index contributed by atoms with van der Waals surface area (Å²) in [5.74, 6) is -3.39. The van der Waals surface area contributed by atoms with E-state index >= 15 is 0 Å². The zero-order chi connectivity index (χ0) is 34.8. The summed E-state index contributed by atoms with van der Waals surface area (Å²) in [6.45, 7) is 1.64. The average Bonchev–Trinajstić information content (AvgIpc) is 3.84. The van der Waals surface area contributed by atoms with Gasteiger partial charge in [-0.2, -0.15) is 0 Å². The molecule has 0 unspecified atom stereocenters. The maximum atomic E-state index is 14.0. The second kappa shape index (κ2) is 12.7. The minimum atomic E-state index is -0.552. The number of benzene rings is 3. The van der Waals surface area contributed by atoms with E-state index in [1.54, 1.807) is 61.2 Å². The molecule has 7 atom stereocenters. The van der Waals surface area contributed by atoms with Crippen LogP contribution in [0.2, 0.25) is 5.02 Å². The van der Waals surface area contributed by atoms with Gasteiger partial charge in [-0.15, -0.1) is 11.8 Å². The van der Waals surface area contributed by atoms with E-state index in [9.17, 15) is 28.4 Å². The Morgan fingerprint density at radius 2 is 1.72 bits per heavy atom. The molecule has 0 radical (unpaired) electrons. The molecule has 3 fully saturated rings. The van der Waals surface area contributed by atoms with Crippen molar-refractivity contribution in [1.29, 1.82) is 0 Å². The van der Waals surface area contributed by atoms with Crippen molar-refractivity contribution in [3.8, 4) is 5.75 Å². The fourth-order valence-electron chi connectivity index (χ4n) is 8.35. The lowest BCUT2D eigenvalue weighted by atomic mass is 9.68. The van der Waals surface area contributed by atoms with Crippen molar-refractivity contribution < 1.29 is 33.0 Å². The minimum Gasteiger partial charge on any atom is -0.483 e. The van der Waals surface area contributed by atoms with Crippen LogP contribution in [0.4, 0.5) is 15.8 Å². The number of ether oxygens (including phenoxy) is 2. The third-order valence-electron chi connectivity index (χ3n) is 10.2. The number of fused-ring (bicyclic) bond motifs is 9. The fourth-order valence-corrected chi connectivity index (χ4v) is 11.4. The molecule has 4 aliphatic rings. The van der Waals surface area contributed by atoms with Crippen molar-refractivity contribution in [3.05, 3.63) is 103 Å². The molecular weight excluding hydrogens is 705 g/mol. The highest BCUT2D eigenvalue weighted by atomic mass is 35.5. The van der Waals surface area contributed by atoms with Crippen LogP contribution in [-0.4, -0.2) is 47.1 Å². The first-order valence-electron chi connectivity index (χ1n) is 16.1. The van der Waals surface area contributed by atoms with Gasteiger partial charge in [0.2, 0.25) is 11.8 Å². The van der Waals surface area contributed by atoms with Gasteiger partial charge >= 0.3 is 10.8 Å². The monoisotopic (exact) mass is 733 g/mol. The molecule has 2 aliphatic carbocycles. The zero-order valence-corrected chi connectivity index (χ0v) is 28.8. The number of amides is 3. The summed E-state index contributed by atoms with van der Waals surface area (Å²) < 4.78 is 24.9. The number of hydrogen-bond donors (Lipinski definition) is 2. The molecule has 2 N–H and O–H groups in total. The predicted molar refractivity (Wildman–Crippen MR) is 185 cm³/mol. The number of esters is 1. The van der Waals surface area contributed by atoms with Crippen LogP contribution in [0.25, 0.3) is 0 Å². The van der Waals surface area contributed by atoms with Crippen LogP contribution in [0.1, 0.15) is 40.1 Å². The van der Waals surface area contributed by atoms with Crippen LogP contribution in [0.3, 0.4) is 0 Å². The Bertz CT molecular complexity index is 2100. The van der Waals surface area contributed by atoms with Crippen molar-refractivity contribution >= 4 is 69.8 Å². The molecule has 14 heteroatoms. The van der Waals surface area contributed by atoms with E-state index in [1.165, 1.54) is 29.2 Å². The summed E-state index contributed by atoms with van der Waals surface area (Å²) in [6.07, 6.45) is 0.677. The number of nitrogens with zero attached hydrogens (tertiary/aromatic N) is 1. The van der Waals surface area contributed by atoms with Crippen molar-refractivity contribution in [3.63, 3.8) is 0 Å². The highest BCUT2D eigenvalue weighted by molar-refractivity contribution is 8.00. The first kappa shape index (κ1) is 32.7. The van der Waals surface area contributed by atoms with Crippen LogP contribution >= 0.6 is 34.7 Å². The van der Waals surface area contributed by atoms with Gasteiger partial charge in [0.15, 0.2) is 6.61 Å². The lowest BCUT2D eigenvalue weighted by Gasteiger charge is -2.43. The molecule has 50 heavy (non-hydrogen) atoms. The number of thioether (sulfide) groups is 1. The van der Waals surface area contributed by atoms with E-state index < -0.39 is 35.4 Å². The summed E-state index contributed by atoms with van der Waals surface area (Å²) in [7, 11) is 0. The third kappa shape index (κ3) is 5.42. The van der Waals surface area contributed by atoms with E-state index in [0.29, 0.717) is 39.7 Å². The van der Waals surface area contributed by atoms with E-state index in [2.05, 4.69) is 10.3 Å². The smallest absolute Gasteiger partial charge is 0.338 e. The number of halogens is 2. The highest BCUT2D eigenvalue weighted by Crippen LogP contribution is 2.69. The molecule has 8 rings (SSSR count). The van der Waals surface area contributed by atoms with Crippen LogP contribution in [0.15, 0.2) is 76.6 Å². The molecule has 2 aliphatic heterocycles. The molecule has 2 bridgehead atoms. The summed E-state index contributed by atoms with van der Waals surface area (Å²) in [5.41, 5.74) is 1.87. The summed E-state index contributed by atoms with van der Waals surface area (Å²) >= 11 is 9.23. The van der Waals surface area contributed by atoms with Gasteiger partial charge in [-0.3, -0.25) is 24.1 Å². The first-order valence-corrected chi connectivity index (χ1v) is 18.2. The Hall–Kier alpha value is -4.46. The lowest BCUT2D eigenvalue weighted by Crippen LogP contribution is -2.42. The average molecular weight is 734 g/mol. The Morgan fingerprint density at radius 3 is 2.44 bits per heavy atom. The van der Waals surface area contributed by atoms with Gasteiger partial charge in [-0.1, -0.05) is 22.9 Å². The fraction of sp³-hybridized carbons (Fsp3) is 0.306. The van der Waals surface area contributed by atoms with Gasteiger partial charge in [-0.05, 0) is 97.8 Å². The molecule has 3 aromatic carbocycles. The van der Waals surface area contributed by atoms with E-state index in [1.807, 2.05) is 0 Å². The molecule has 256 valence electrons. The van der Waals surface area contributed by atoms with Gasteiger partial charge in [0.05, 0.1) is 34.7 Å². The summed E-state index contributed by atoms with van der Waals surface area (Å²) in [5, 5.41) is 3.85. The Morgan fingerprint density at radius 1 is 1.00 bits per heavy atom. The molecule has 0 spiro atoms. The zero-order valence-electron chi connectivity index (χ0n) is 26.4. The maximum Gasteiger partial charge on any atom is 0.338 e. The number of carbonyl (C=O) groups excluding carboxylic acids is 4. The largest absolute Gasteiger partial charge is 0.483 e. The second-order valence-corrected chi connectivity index (χ2v) is 15.4. The molecule has 10 nitrogen and oxygen atoms in total. The van der Waals surface area contributed by atoms with Crippen LogP contribution in [-0.2, 0) is 19.1 Å². The highest BCUT2D eigenvalue weighted by Gasteiger charge is 2.70. The Kier molecular flexibility index (Phi) is 8.31. The molecule has 4 aromatic rings. The third-order valence-corrected chi connectivity index (χ3v) is 13.0. The van der Waals surface area contributed by atoms with Gasteiger partial charge in [-0.25, -0.2) is 9.18 Å². The lowest BCUT2D eigenvalue weighted by molar-refractivity contribution is -0.123. The Balaban J connectivity index is 1.08. The number of carbonyl (C=O) groups is 4. The number of H-pyrrole nitrogens is 1. The number of anilines is 2. The second-order valence-electron chi connectivity index (χ2n) is 12.8. The van der Waals surface area contributed by atoms with Gasteiger partial charge in [0.25, 0.3) is 5.91 Å². The SMILES string of the molecule is CCOC(=O)c1ccc(NC(=O)COc2ccc(Cl)cc2[C@@H]2c3sc(=O)[nH]c3S[C@@H]3[C@@H]4C[C@@H]([C@@H]5C(=O)N(c6ccc(F)cc6)C(=O)[C@@H]45)[C@H]23)cc1. The van der Waals surface area contributed by atoms with Gasteiger partial charge < -0.3 is 19.8 Å². The molecule has 3 amide bonds. The number of rotatable bonds is 8. The molecule has 3 heterocycles. The quantitative estimate of drug-likeness (QED) is 0.164. The molecule has 2 saturated carbocycles. The van der Waals surface area contributed by atoms with Crippen molar-refractivity contribution in [2.24, 2.45) is 29.6 Å². The van der Waals surface area contributed by atoms with E-state index in [-0.39, 0.29) is 52.9 Å². The van der Waals surface area contributed by atoms with Crippen LogP contribution in [0.5, 0.6) is 5.75 Å². The van der Waals surface area contributed by atoms with Gasteiger partial charge in [0.1, 0.15) is 11.6 Å². The maximum absolute atomic E-state index is 14.0. The molecule has 1 saturated heterocycles. The van der Waals surface area contributed by atoms with Crippen LogP contribution in [0, 0.1) is 35.4 Å². The van der Waals surface area contributed by atoms with Gasteiger partial charge in [0, 0.05) is 32.3 Å². The predicted octanol–water partition coefficient (Wildman–Crippen LogP) is 6.10. The van der Waals surface area contributed by atoms with Crippen molar-refractivity contribution in [1.82, 2.24) is 4.98 Å². The summed E-state index contributed by atoms with van der Waals surface area (Å²) in [4.78, 5) is 70.4. The topological polar surface area (TPSA) is 135 Å². The van der Waals surface area contributed by atoms with E-state index in [4.69, 9.17) is 21.1 Å². The minimum absolute atomic E-state index is 0.0818. The first-order chi connectivity index (χ1) is 24.1. The number of aromatic amines is 1. The number of nitrogens with one attached hydrogen (secondary N) is 2. The molecule has 1 aromatic heterocycles. The number of thiazole rings is 1. The molecular formula is C36H29ClFN3O7S2. The standard InChI is InChI=1S/C36H29ClFN3O7S2/c1-2-47-35(45)16-3-8-19(9-4-16)39-25(42)15-48-24-12-5-17(37)13-21(24)26-27-22-14-23(30(27)49-32-31(26)50-36(46)40-32)29-28(22)33(43)41(34(29)44)20-10-6-18(38)7-11-20/h3-13,22-23,26-30H,2,14-15H2,1H3,(H,39,42)(H,40,46)/t22-,23-,26+,27-,28+,29+,30-/m1/s1. The van der Waals surface area contributed by atoms with Crippen molar-refractivity contribution in [2.45, 2.75) is 29.5 Å². The van der Waals surface area contributed by atoms with E-state index in [0.717, 1.165) is 21.2 Å². The Labute approximate surface area is 298 Å². The van der Waals surface area contributed by atoms with Crippen molar-refractivity contribution in [2.75, 3.05) is 23.4 Å². The summed E-state index contributed by atoms with van der Waals surface area (Å²) in [6, 6.07) is 16.8. The number of hydrogen-bond acceptors (Lipinski definition) is 9. The normalized spacial score (nSPS) is 26.0.